The van der Waals surface area contributed by atoms with E-state index >= 15 is 0 Å². The largest absolute Gasteiger partial charge is 0.360 e. The maximum Gasteiger partial charge on any atom is 0.273 e. The molecule has 1 aliphatic carbocycles. The van der Waals surface area contributed by atoms with E-state index in [1.165, 1.54) is 6.42 Å². The number of piperazine rings is 1. The summed E-state index contributed by atoms with van der Waals surface area (Å²) in [5, 5.41) is 7.04. The van der Waals surface area contributed by atoms with Crippen LogP contribution in [0.4, 0.5) is 0 Å². The molecule has 24 heavy (non-hydrogen) atoms. The second kappa shape index (κ2) is 8.62. The molecule has 1 aromatic rings. The van der Waals surface area contributed by atoms with Gasteiger partial charge in [0.25, 0.3) is 5.91 Å². The Morgan fingerprint density at radius 3 is 2.67 bits per heavy atom. The van der Waals surface area contributed by atoms with Crippen LogP contribution in [0.3, 0.4) is 0 Å². The number of aromatic nitrogens is 1. The zero-order valence-corrected chi connectivity index (χ0v) is 14.9. The van der Waals surface area contributed by atoms with Gasteiger partial charge in [-0.1, -0.05) is 18.5 Å². The van der Waals surface area contributed by atoms with E-state index in [1.54, 1.807) is 0 Å². The summed E-state index contributed by atoms with van der Waals surface area (Å²) in [7, 11) is 0. The highest BCUT2D eigenvalue weighted by atomic mass is 16.5. The molecule has 1 aromatic heterocycles. The first kappa shape index (κ1) is 17.4. The first-order chi connectivity index (χ1) is 11.8. The smallest absolute Gasteiger partial charge is 0.273 e. The Kier molecular flexibility index (Phi) is 6.26. The van der Waals surface area contributed by atoms with Crippen LogP contribution < -0.4 is 5.32 Å². The SMILES string of the molecule is CCN1CCN(CCCNC(=O)c2noc3c2CCCCC3)CC1. The maximum atomic E-state index is 12.4. The van der Waals surface area contributed by atoms with Gasteiger partial charge in [-0.15, -0.1) is 0 Å². The predicted octanol–water partition coefficient (Wildman–Crippen LogP) is 1.70. The summed E-state index contributed by atoms with van der Waals surface area (Å²) in [6.45, 7) is 9.71. The summed E-state index contributed by atoms with van der Waals surface area (Å²) in [5.41, 5.74) is 1.56. The van der Waals surface area contributed by atoms with Crippen LogP contribution in [0.1, 0.15) is 54.4 Å². The average Bonchev–Trinajstić information content (AvgIpc) is 2.88. The van der Waals surface area contributed by atoms with E-state index in [0.717, 1.165) is 82.7 Å². The molecule has 1 saturated heterocycles. The van der Waals surface area contributed by atoms with Crippen LogP contribution in [0.25, 0.3) is 0 Å². The van der Waals surface area contributed by atoms with Crippen molar-refractivity contribution in [2.24, 2.45) is 0 Å². The van der Waals surface area contributed by atoms with Crippen LogP contribution >= 0.6 is 0 Å². The number of hydrogen-bond donors (Lipinski definition) is 1. The van der Waals surface area contributed by atoms with Crippen LogP contribution in [0.2, 0.25) is 0 Å². The standard InChI is InChI=1S/C18H30N4O2/c1-2-21-11-13-22(14-12-21)10-6-9-19-18(23)17-15-7-4-3-5-8-16(15)24-20-17/h2-14H2,1H3,(H,19,23). The Morgan fingerprint density at radius 1 is 1.12 bits per heavy atom. The summed E-state index contributed by atoms with van der Waals surface area (Å²) in [4.78, 5) is 17.3. The maximum absolute atomic E-state index is 12.4. The second-order valence-electron chi connectivity index (χ2n) is 6.88. The van der Waals surface area contributed by atoms with E-state index < -0.39 is 0 Å². The van der Waals surface area contributed by atoms with Crippen molar-refractivity contribution in [2.75, 3.05) is 45.8 Å². The fourth-order valence-corrected chi connectivity index (χ4v) is 3.66. The van der Waals surface area contributed by atoms with Gasteiger partial charge in [-0.05, 0) is 38.8 Å². The van der Waals surface area contributed by atoms with E-state index in [-0.39, 0.29) is 5.91 Å². The number of likely N-dealkylation sites (N-methyl/N-ethyl adjacent to an activating group) is 1. The molecular weight excluding hydrogens is 304 g/mol. The molecule has 1 fully saturated rings. The van der Waals surface area contributed by atoms with Crippen molar-refractivity contribution in [1.82, 2.24) is 20.3 Å². The Balaban J connectivity index is 1.39. The van der Waals surface area contributed by atoms with E-state index in [4.69, 9.17) is 4.52 Å². The molecule has 0 unspecified atom stereocenters. The van der Waals surface area contributed by atoms with Gasteiger partial charge in [-0.25, -0.2) is 0 Å². The van der Waals surface area contributed by atoms with Crippen LogP contribution in [-0.2, 0) is 12.8 Å². The van der Waals surface area contributed by atoms with Crippen molar-refractivity contribution in [3.05, 3.63) is 17.0 Å². The van der Waals surface area contributed by atoms with Gasteiger partial charge >= 0.3 is 0 Å². The van der Waals surface area contributed by atoms with Crippen molar-refractivity contribution in [3.63, 3.8) is 0 Å². The van der Waals surface area contributed by atoms with Gasteiger partial charge in [0, 0.05) is 44.7 Å². The number of fused-ring (bicyclic) bond motifs is 1. The number of amides is 1. The van der Waals surface area contributed by atoms with Crippen molar-refractivity contribution in [2.45, 2.75) is 45.4 Å². The molecule has 0 atom stereocenters. The Bertz CT molecular complexity index is 535. The molecule has 0 bridgehead atoms. The molecule has 1 amide bonds. The van der Waals surface area contributed by atoms with Crippen LogP contribution in [0.5, 0.6) is 0 Å². The van der Waals surface area contributed by atoms with E-state index in [2.05, 4.69) is 27.2 Å². The first-order valence-electron chi connectivity index (χ1n) is 9.48. The predicted molar refractivity (Wildman–Crippen MR) is 93.3 cm³/mol. The number of nitrogens with zero attached hydrogens (tertiary/aromatic N) is 3. The van der Waals surface area contributed by atoms with Gasteiger partial charge in [-0.2, -0.15) is 0 Å². The highest BCUT2D eigenvalue weighted by Crippen LogP contribution is 2.23. The van der Waals surface area contributed by atoms with Gasteiger partial charge in [0.05, 0.1) is 0 Å². The van der Waals surface area contributed by atoms with Crippen LogP contribution in [-0.4, -0.2) is 66.7 Å². The third-order valence-electron chi connectivity index (χ3n) is 5.26. The van der Waals surface area contributed by atoms with Gasteiger partial charge in [-0.3, -0.25) is 4.79 Å². The van der Waals surface area contributed by atoms with Gasteiger partial charge in [0.15, 0.2) is 5.69 Å². The Morgan fingerprint density at radius 2 is 1.88 bits per heavy atom. The lowest BCUT2D eigenvalue weighted by Gasteiger charge is -2.33. The summed E-state index contributed by atoms with van der Waals surface area (Å²) >= 11 is 0. The summed E-state index contributed by atoms with van der Waals surface area (Å²) in [6, 6.07) is 0. The third-order valence-corrected chi connectivity index (χ3v) is 5.26. The molecule has 6 nitrogen and oxygen atoms in total. The number of aryl methyl sites for hydroxylation is 1. The molecule has 0 spiro atoms. The number of carbonyl (C=O) groups is 1. The summed E-state index contributed by atoms with van der Waals surface area (Å²) in [6.07, 6.45) is 6.28. The third kappa shape index (κ3) is 4.36. The molecule has 0 aromatic carbocycles. The number of rotatable bonds is 6. The monoisotopic (exact) mass is 334 g/mol. The van der Waals surface area contributed by atoms with Crippen molar-refractivity contribution >= 4 is 5.91 Å². The number of hydrogen-bond acceptors (Lipinski definition) is 5. The number of nitrogens with one attached hydrogen (secondary N) is 1. The highest BCUT2D eigenvalue weighted by molar-refractivity contribution is 5.93. The quantitative estimate of drug-likeness (QED) is 0.634. The normalized spacial score (nSPS) is 19.7. The van der Waals surface area contributed by atoms with Gasteiger partial charge in [0.2, 0.25) is 0 Å². The first-order valence-corrected chi connectivity index (χ1v) is 9.48. The van der Waals surface area contributed by atoms with E-state index in [9.17, 15) is 4.79 Å². The van der Waals surface area contributed by atoms with Crippen molar-refractivity contribution in [1.29, 1.82) is 0 Å². The lowest BCUT2D eigenvalue weighted by molar-refractivity contribution is 0.0938. The second-order valence-corrected chi connectivity index (χ2v) is 6.88. The number of carbonyl (C=O) groups excluding carboxylic acids is 1. The topological polar surface area (TPSA) is 61.6 Å². The fraction of sp³-hybridized carbons (Fsp3) is 0.778. The molecule has 2 heterocycles. The minimum absolute atomic E-state index is 0.0716. The molecule has 6 heteroatoms. The molecular formula is C18H30N4O2. The molecule has 1 aliphatic heterocycles. The van der Waals surface area contributed by atoms with E-state index in [0.29, 0.717) is 12.2 Å². The zero-order chi connectivity index (χ0) is 16.8. The minimum Gasteiger partial charge on any atom is -0.360 e. The fourth-order valence-electron chi connectivity index (χ4n) is 3.66. The van der Waals surface area contributed by atoms with Crippen LogP contribution in [0.15, 0.2) is 4.52 Å². The molecule has 1 N–H and O–H groups in total. The van der Waals surface area contributed by atoms with Crippen molar-refractivity contribution in [3.8, 4) is 0 Å². The highest BCUT2D eigenvalue weighted by Gasteiger charge is 2.22. The van der Waals surface area contributed by atoms with E-state index in [1.807, 2.05) is 0 Å². The molecule has 2 aliphatic rings. The zero-order valence-electron chi connectivity index (χ0n) is 14.9. The Labute approximate surface area is 144 Å². The van der Waals surface area contributed by atoms with Gasteiger partial charge < -0.3 is 19.6 Å². The molecule has 0 saturated carbocycles. The molecule has 3 rings (SSSR count). The lowest BCUT2D eigenvalue weighted by Crippen LogP contribution is -2.46. The lowest BCUT2D eigenvalue weighted by atomic mass is 10.1. The van der Waals surface area contributed by atoms with Crippen LogP contribution in [0, 0.1) is 0 Å². The average molecular weight is 334 g/mol. The molecule has 0 radical (unpaired) electrons. The summed E-state index contributed by atoms with van der Waals surface area (Å²) < 4.78 is 5.39. The van der Waals surface area contributed by atoms with Gasteiger partial charge in [0.1, 0.15) is 5.76 Å². The minimum atomic E-state index is -0.0716. The summed E-state index contributed by atoms with van der Waals surface area (Å²) in [5.74, 6) is 0.851. The molecule has 134 valence electrons. The van der Waals surface area contributed by atoms with Crippen molar-refractivity contribution < 1.29 is 9.32 Å². The Hall–Kier alpha value is -1.40.